The Kier molecular flexibility index (Phi) is 2.38. The van der Waals surface area contributed by atoms with Crippen LogP contribution in [0.1, 0.15) is 5.89 Å². The lowest BCUT2D eigenvalue weighted by molar-refractivity contribution is 0.489. The summed E-state index contributed by atoms with van der Waals surface area (Å²) in [5, 5.41) is 11.9. The number of hydrogen-bond acceptors (Lipinski definition) is 5. The van der Waals surface area contributed by atoms with Crippen molar-refractivity contribution >= 4 is 11.0 Å². The Morgan fingerprint density at radius 1 is 1.24 bits per heavy atom. The lowest BCUT2D eigenvalue weighted by Crippen LogP contribution is -2.04. The van der Waals surface area contributed by atoms with Crippen LogP contribution in [-0.4, -0.2) is 17.2 Å². The zero-order chi connectivity index (χ0) is 11.7. The normalized spacial score (nSPS) is 11.1. The number of benzene rings is 1. The van der Waals surface area contributed by atoms with Crippen LogP contribution in [-0.2, 0) is 6.54 Å². The molecule has 2 aromatic heterocycles. The van der Waals surface area contributed by atoms with Crippen molar-refractivity contribution in [3.8, 4) is 11.5 Å². The van der Waals surface area contributed by atoms with Gasteiger partial charge in [0.1, 0.15) is 11.8 Å². The third-order valence-corrected chi connectivity index (χ3v) is 2.51. The molecular weight excluding hydrogens is 218 g/mol. The van der Waals surface area contributed by atoms with Crippen LogP contribution in [0.2, 0.25) is 0 Å². The average molecular weight is 229 g/mol. The molecule has 3 aromatic rings. The van der Waals surface area contributed by atoms with E-state index in [4.69, 9.17) is 8.83 Å². The highest BCUT2D eigenvalue weighted by Gasteiger charge is 2.13. The fourth-order valence-electron chi connectivity index (χ4n) is 1.73. The third kappa shape index (κ3) is 1.70. The molecule has 0 saturated carbocycles. The van der Waals surface area contributed by atoms with E-state index in [1.807, 2.05) is 31.3 Å². The van der Waals surface area contributed by atoms with Gasteiger partial charge in [0.2, 0.25) is 5.89 Å². The summed E-state index contributed by atoms with van der Waals surface area (Å²) in [6, 6.07) is 7.75. The fourth-order valence-corrected chi connectivity index (χ4v) is 1.73. The van der Waals surface area contributed by atoms with Crippen molar-refractivity contribution in [3.63, 3.8) is 0 Å². The maximum atomic E-state index is 5.53. The maximum absolute atomic E-state index is 5.53. The minimum Gasteiger partial charge on any atom is -0.463 e. The van der Waals surface area contributed by atoms with Gasteiger partial charge in [0, 0.05) is 5.39 Å². The number of nitrogens with zero attached hydrogens (tertiary/aromatic N) is 2. The predicted octanol–water partition coefficient (Wildman–Crippen LogP) is 2.20. The topological polar surface area (TPSA) is 64.1 Å². The smallest absolute Gasteiger partial charge is 0.251 e. The van der Waals surface area contributed by atoms with Crippen LogP contribution in [0, 0.1) is 0 Å². The largest absolute Gasteiger partial charge is 0.463 e. The molecule has 1 aromatic carbocycles. The first-order chi connectivity index (χ1) is 8.38. The summed E-state index contributed by atoms with van der Waals surface area (Å²) in [5.74, 6) is 1.05. The van der Waals surface area contributed by atoms with E-state index < -0.39 is 0 Å². The lowest BCUT2D eigenvalue weighted by Gasteiger charge is -1.91. The van der Waals surface area contributed by atoms with Gasteiger partial charge >= 0.3 is 0 Å². The summed E-state index contributed by atoms with van der Waals surface area (Å²) in [4.78, 5) is 0. The van der Waals surface area contributed by atoms with Gasteiger partial charge in [0.15, 0.2) is 0 Å². The van der Waals surface area contributed by atoms with E-state index in [2.05, 4.69) is 15.5 Å². The van der Waals surface area contributed by atoms with Crippen LogP contribution in [0.4, 0.5) is 0 Å². The van der Waals surface area contributed by atoms with Gasteiger partial charge in [-0.25, -0.2) is 0 Å². The first-order valence-corrected chi connectivity index (χ1v) is 5.32. The Bertz CT molecular complexity index is 642. The highest BCUT2D eigenvalue weighted by molar-refractivity contribution is 5.91. The summed E-state index contributed by atoms with van der Waals surface area (Å²) in [6.45, 7) is 0.558. The molecule has 0 radical (unpaired) electrons. The molecule has 0 amide bonds. The van der Waals surface area contributed by atoms with Crippen molar-refractivity contribution in [1.82, 2.24) is 15.5 Å². The molecule has 2 heterocycles. The van der Waals surface area contributed by atoms with Gasteiger partial charge in [0.25, 0.3) is 5.89 Å². The highest BCUT2D eigenvalue weighted by Crippen LogP contribution is 2.29. The quantitative estimate of drug-likeness (QED) is 0.745. The van der Waals surface area contributed by atoms with Crippen molar-refractivity contribution in [2.45, 2.75) is 6.54 Å². The summed E-state index contributed by atoms with van der Waals surface area (Å²) < 4.78 is 11.0. The summed E-state index contributed by atoms with van der Waals surface area (Å²) in [6.07, 6.45) is 1.64. The van der Waals surface area contributed by atoms with E-state index in [9.17, 15) is 0 Å². The van der Waals surface area contributed by atoms with Crippen molar-refractivity contribution in [1.29, 1.82) is 0 Å². The zero-order valence-electron chi connectivity index (χ0n) is 9.30. The second-order valence-electron chi connectivity index (χ2n) is 3.68. The molecule has 0 saturated heterocycles. The number of fused-ring (bicyclic) bond motifs is 1. The molecule has 17 heavy (non-hydrogen) atoms. The van der Waals surface area contributed by atoms with Crippen molar-refractivity contribution in [2.24, 2.45) is 0 Å². The third-order valence-electron chi connectivity index (χ3n) is 2.51. The van der Waals surface area contributed by atoms with Crippen LogP contribution < -0.4 is 5.32 Å². The standard InChI is InChI=1S/C12H11N3O2/c1-13-6-11-14-15-12(17-11)9-7-16-10-5-3-2-4-8(9)10/h2-5,7,13H,6H2,1H3. The molecule has 5 heteroatoms. The first kappa shape index (κ1) is 10.0. The van der Waals surface area contributed by atoms with Crippen LogP contribution in [0.15, 0.2) is 39.4 Å². The molecule has 0 unspecified atom stereocenters. The van der Waals surface area contributed by atoms with E-state index in [1.165, 1.54) is 0 Å². The summed E-state index contributed by atoms with van der Waals surface area (Å²) in [5.41, 5.74) is 1.64. The number of rotatable bonds is 3. The van der Waals surface area contributed by atoms with E-state index in [0.717, 1.165) is 16.5 Å². The van der Waals surface area contributed by atoms with Gasteiger partial charge in [-0.1, -0.05) is 18.2 Å². The maximum Gasteiger partial charge on any atom is 0.251 e. The molecule has 0 atom stereocenters. The fraction of sp³-hybridized carbons (Fsp3) is 0.167. The molecule has 0 bridgehead atoms. The molecule has 86 valence electrons. The Morgan fingerprint density at radius 3 is 3.00 bits per heavy atom. The Labute approximate surface area is 97.4 Å². The Morgan fingerprint density at radius 2 is 2.12 bits per heavy atom. The Balaban J connectivity index is 2.07. The number of aromatic nitrogens is 2. The Hall–Kier alpha value is -2.14. The molecule has 0 aliphatic heterocycles. The van der Waals surface area contributed by atoms with Gasteiger partial charge in [-0.05, 0) is 13.1 Å². The SMILES string of the molecule is CNCc1nnc(-c2coc3ccccc23)o1. The first-order valence-electron chi connectivity index (χ1n) is 5.32. The van der Waals surface area contributed by atoms with Crippen molar-refractivity contribution in [3.05, 3.63) is 36.4 Å². The molecule has 0 aliphatic carbocycles. The molecule has 5 nitrogen and oxygen atoms in total. The molecule has 0 aliphatic rings. The van der Waals surface area contributed by atoms with Gasteiger partial charge < -0.3 is 14.2 Å². The highest BCUT2D eigenvalue weighted by atomic mass is 16.4. The van der Waals surface area contributed by atoms with Crippen molar-refractivity contribution < 1.29 is 8.83 Å². The van der Waals surface area contributed by atoms with Crippen LogP contribution in [0.5, 0.6) is 0 Å². The van der Waals surface area contributed by atoms with Gasteiger partial charge in [-0.3, -0.25) is 0 Å². The minimum absolute atomic E-state index is 0.486. The number of hydrogen-bond donors (Lipinski definition) is 1. The number of nitrogens with one attached hydrogen (secondary N) is 1. The van der Waals surface area contributed by atoms with Gasteiger partial charge in [-0.15, -0.1) is 10.2 Å². The molecular formula is C12H11N3O2. The van der Waals surface area contributed by atoms with Crippen LogP contribution in [0.25, 0.3) is 22.4 Å². The average Bonchev–Trinajstić information content (AvgIpc) is 2.95. The van der Waals surface area contributed by atoms with Crippen LogP contribution in [0.3, 0.4) is 0 Å². The molecule has 3 rings (SSSR count). The van der Waals surface area contributed by atoms with Gasteiger partial charge in [0.05, 0.1) is 12.1 Å². The second kappa shape index (κ2) is 4.03. The van der Waals surface area contributed by atoms with Gasteiger partial charge in [-0.2, -0.15) is 0 Å². The van der Waals surface area contributed by atoms with Crippen molar-refractivity contribution in [2.75, 3.05) is 7.05 Å². The lowest BCUT2D eigenvalue weighted by atomic mass is 10.2. The minimum atomic E-state index is 0.486. The van der Waals surface area contributed by atoms with E-state index in [1.54, 1.807) is 6.26 Å². The molecule has 0 fully saturated rings. The number of para-hydroxylation sites is 1. The summed E-state index contributed by atoms with van der Waals surface area (Å²) >= 11 is 0. The molecule has 1 N–H and O–H groups in total. The van der Waals surface area contributed by atoms with Crippen LogP contribution >= 0.6 is 0 Å². The second-order valence-corrected chi connectivity index (χ2v) is 3.68. The predicted molar refractivity (Wildman–Crippen MR) is 62.3 cm³/mol. The summed E-state index contributed by atoms with van der Waals surface area (Å²) in [7, 11) is 1.83. The van der Waals surface area contributed by atoms with E-state index >= 15 is 0 Å². The molecule has 0 spiro atoms. The zero-order valence-corrected chi connectivity index (χ0v) is 9.30. The monoisotopic (exact) mass is 229 g/mol. The van der Waals surface area contributed by atoms with E-state index in [-0.39, 0.29) is 0 Å². The number of furan rings is 1. The van der Waals surface area contributed by atoms with E-state index in [0.29, 0.717) is 18.3 Å².